The van der Waals surface area contributed by atoms with E-state index in [0.717, 1.165) is 16.7 Å². The second-order valence-corrected chi connectivity index (χ2v) is 5.56. The van der Waals surface area contributed by atoms with E-state index in [2.05, 4.69) is 10.6 Å². The van der Waals surface area contributed by atoms with E-state index in [1.165, 1.54) is 0 Å². The highest BCUT2D eigenvalue weighted by atomic mass is 16.2. The smallest absolute Gasteiger partial charge is 0.254 e. The Morgan fingerprint density at radius 3 is 1.96 bits per heavy atom. The van der Waals surface area contributed by atoms with Gasteiger partial charge in [0.2, 0.25) is 11.8 Å². The van der Waals surface area contributed by atoms with Gasteiger partial charge in [0.25, 0.3) is 11.8 Å². The molecule has 2 N–H and O–H groups in total. The number of hydrogen-bond acceptors (Lipinski definition) is 4. The van der Waals surface area contributed by atoms with E-state index in [4.69, 9.17) is 0 Å². The zero-order valence-electron chi connectivity index (χ0n) is 12.4. The van der Waals surface area contributed by atoms with Crippen LogP contribution >= 0.6 is 0 Å². The van der Waals surface area contributed by atoms with Gasteiger partial charge < -0.3 is 0 Å². The van der Waals surface area contributed by atoms with Crippen molar-refractivity contribution < 1.29 is 19.2 Å². The van der Waals surface area contributed by atoms with Crippen LogP contribution in [0.4, 0.5) is 0 Å². The van der Waals surface area contributed by atoms with Crippen molar-refractivity contribution in [3.8, 4) is 0 Å². The lowest BCUT2D eigenvalue weighted by atomic mass is 10.0. The molecule has 2 fully saturated rings. The van der Waals surface area contributed by atoms with E-state index in [-0.39, 0.29) is 36.5 Å². The fraction of sp³-hybridized carbons (Fsp3) is 0.176. The summed E-state index contributed by atoms with van der Waals surface area (Å²) in [6.45, 7) is 1.89. The van der Waals surface area contributed by atoms with Gasteiger partial charge in [0.15, 0.2) is 0 Å². The maximum absolute atomic E-state index is 11.6. The molecule has 3 rings (SSSR count). The maximum Gasteiger partial charge on any atom is 0.254 e. The minimum atomic E-state index is -0.378. The second-order valence-electron chi connectivity index (χ2n) is 5.56. The molecule has 0 aromatic heterocycles. The van der Waals surface area contributed by atoms with E-state index in [0.29, 0.717) is 11.1 Å². The Balaban J connectivity index is 1.94. The summed E-state index contributed by atoms with van der Waals surface area (Å²) in [6, 6.07) is 5.52. The van der Waals surface area contributed by atoms with Crippen molar-refractivity contribution in [2.45, 2.75) is 19.8 Å². The molecule has 0 radical (unpaired) electrons. The fourth-order valence-corrected chi connectivity index (χ4v) is 2.53. The number of benzene rings is 1. The highest BCUT2D eigenvalue weighted by Gasteiger charge is 2.24. The van der Waals surface area contributed by atoms with Crippen molar-refractivity contribution in [2.75, 3.05) is 0 Å². The molecule has 4 amide bonds. The van der Waals surface area contributed by atoms with E-state index < -0.39 is 0 Å². The summed E-state index contributed by atoms with van der Waals surface area (Å²) < 4.78 is 0. The first kappa shape index (κ1) is 14.9. The van der Waals surface area contributed by atoms with E-state index in [9.17, 15) is 19.2 Å². The van der Waals surface area contributed by atoms with E-state index in [1.807, 2.05) is 25.1 Å². The monoisotopic (exact) mass is 310 g/mol. The maximum atomic E-state index is 11.6. The van der Waals surface area contributed by atoms with Gasteiger partial charge in [-0.3, -0.25) is 29.8 Å². The number of rotatable bonds is 2. The molecular weight excluding hydrogens is 296 g/mol. The molecule has 2 saturated heterocycles. The zero-order chi connectivity index (χ0) is 16.6. The Morgan fingerprint density at radius 1 is 0.870 bits per heavy atom. The van der Waals surface area contributed by atoms with Crippen molar-refractivity contribution in [2.24, 2.45) is 0 Å². The number of amides is 4. The highest BCUT2D eigenvalue weighted by Crippen LogP contribution is 2.21. The standard InChI is InChI=1S/C17H14N2O4/c1-9-2-3-10(5-12-7-14(20)18-16(12)22)4-11(9)6-13-8-15(21)19-17(13)23/h2-6H,7-8H2,1H3,(H,18,20,22)(H,19,21,23). The summed E-state index contributed by atoms with van der Waals surface area (Å²) in [7, 11) is 0. The molecule has 2 aliphatic rings. The summed E-state index contributed by atoms with van der Waals surface area (Å²) in [6.07, 6.45) is 3.47. The summed E-state index contributed by atoms with van der Waals surface area (Å²) in [5, 5.41) is 4.48. The van der Waals surface area contributed by atoms with E-state index in [1.54, 1.807) is 12.2 Å². The van der Waals surface area contributed by atoms with Crippen LogP contribution in [0.3, 0.4) is 0 Å². The predicted octanol–water partition coefficient (Wildman–Crippen LogP) is 0.855. The molecule has 2 aliphatic heterocycles. The van der Waals surface area contributed by atoms with Crippen molar-refractivity contribution >= 4 is 35.8 Å². The molecular formula is C17H14N2O4. The van der Waals surface area contributed by atoms with Crippen LogP contribution in [0.1, 0.15) is 29.5 Å². The number of carbonyl (C=O) groups is 4. The van der Waals surface area contributed by atoms with Gasteiger partial charge in [-0.15, -0.1) is 0 Å². The summed E-state index contributed by atoms with van der Waals surface area (Å²) in [5.41, 5.74) is 3.32. The van der Waals surface area contributed by atoms with Crippen LogP contribution < -0.4 is 10.6 Å². The first-order valence-electron chi connectivity index (χ1n) is 7.12. The van der Waals surface area contributed by atoms with Gasteiger partial charge in [-0.1, -0.05) is 12.1 Å². The quantitative estimate of drug-likeness (QED) is 0.626. The van der Waals surface area contributed by atoms with Crippen LogP contribution in [-0.2, 0) is 19.2 Å². The van der Waals surface area contributed by atoms with Crippen LogP contribution in [0.15, 0.2) is 29.3 Å². The molecule has 1 aromatic carbocycles. The Labute approximate surface area is 132 Å². The average molecular weight is 310 g/mol. The fourth-order valence-electron chi connectivity index (χ4n) is 2.53. The zero-order valence-corrected chi connectivity index (χ0v) is 12.4. The second kappa shape index (κ2) is 5.64. The first-order valence-corrected chi connectivity index (χ1v) is 7.12. The molecule has 0 atom stereocenters. The van der Waals surface area contributed by atoms with Crippen LogP contribution in [0, 0.1) is 6.92 Å². The van der Waals surface area contributed by atoms with Crippen LogP contribution in [0.25, 0.3) is 12.2 Å². The molecule has 1 aromatic rings. The third kappa shape index (κ3) is 3.11. The lowest BCUT2D eigenvalue weighted by Gasteiger charge is -2.04. The Hall–Kier alpha value is -3.02. The van der Waals surface area contributed by atoms with Crippen LogP contribution in [0.2, 0.25) is 0 Å². The normalized spacial score (nSPS) is 21.3. The number of nitrogens with one attached hydrogen (secondary N) is 2. The first-order chi connectivity index (χ1) is 10.9. The SMILES string of the molecule is Cc1ccc(C=C2CC(=O)NC2=O)cc1C=C1CC(=O)NC1=O. The summed E-state index contributed by atoms with van der Waals surface area (Å²) in [5.74, 6) is -1.37. The number of carbonyl (C=O) groups excluding carboxylic acids is 4. The molecule has 0 aliphatic carbocycles. The topological polar surface area (TPSA) is 92.3 Å². The van der Waals surface area contributed by atoms with Gasteiger partial charge in [-0.25, -0.2) is 0 Å². The molecule has 116 valence electrons. The van der Waals surface area contributed by atoms with Gasteiger partial charge in [0.1, 0.15) is 0 Å². The number of imide groups is 2. The van der Waals surface area contributed by atoms with Gasteiger partial charge >= 0.3 is 0 Å². The largest absolute Gasteiger partial charge is 0.292 e. The van der Waals surface area contributed by atoms with Crippen molar-refractivity contribution in [3.63, 3.8) is 0 Å². The molecule has 0 saturated carbocycles. The third-order valence-electron chi connectivity index (χ3n) is 3.77. The number of aryl methyl sites for hydroxylation is 1. The highest BCUT2D eigenvalue weighted by molar-refractivity contribution is 6.16. The van der Waals surface area contributed by atoms with Crippen LogP contribution in [-0.4, -0.2) is 23.6 Å². The predicted molar refractivity (Wildman–Crippen MR) is 82.7 cm³/mol. The Bertz CT molecular complexity index is 818. The minimum Gasteiger partial charge on any atom is -0.292 e. The van der Waals surface area contributed by atoms with Gasteiger partial charge in [-0.05, 0) is 41.8 Å². The van der Waals surface area contributed by atoms with Gasteiger partial charge in [0, 0.05) is 11.1 Å². The average Bonchev–Trinajstić information content (AvgIpc) is 2.95. The minimum absolute atomic E-state index is 0.0695. The van der Waals surface area contributed by atoms with Gasteiger partial charge in [0.05, 0.1) is 12.8 Å². The van der Waals surface area contributed by atoms with E-state index >= 15 is 0 Å². The Morgan fingerprint density at radius 2 is 1.43 bits per heavy atom. The molecule has 2 heterocycles. The molecule has 6 heteroatoms. The lowest BCUT2D eigenvalue weighted by Crippen LogP contribution is -2.19. The summed E-state index contributed by atoms with van der Waals surface area (Å²) in [4.78, 5) is 45.7. The van der Waals surface area contributed by atoms with Crippen molar-refractivity contribution in [1.29, 1.82) is 0 Å². The number of hydrogen-bond donors (Lipinski definition) is 2. The van der Waals surface area contributed by atoms with Crippen molar-refractivity contribution in [3.05, 3.63) is 46.0 Å². The lowest BCUT2D eigenvalue weighted by molar-refractivity contribution is -0.125. The van der Waals surface area contributed by atoms with Crippen molar-refractivity contribution in [1.82, 2.24) is 10.6 Å². The molecule has 23 heavy (non-hydrogen) atoms. The molecule has 0 unspecified atom stereocenters. The Kier molecular flexibility index (Phi) is 3.65. The summed E-state index contributed by atoms with van der Waals surface area (Å²) >= 11 is 0. The van der Waals surface area contributed by atoms with Gasteiger partial charge in [-0.2, -0.15) is 0 Å². The third-order valence-corrected chi connectivity index (χ3v) is 3.77. The molecule has 0 spiro atoms. The molecule has 6 nitrogen and oxygen atoms in total. The van der Waals surface area contributed by atoms with Crippen LogP contribution in [0.5, 0.6) is 0 Å². The molecule has 0 bridgehead atoms.